The fourth-order valence-electron chi connectivity index (χ4n) is 9.57. The van der Waals surface area contributed by atoms with Gasteiger partial charge in [-0.1, -0.05) is 264 Å². The monoisotopic (exact) mass is 1260 g/mol. The van der Waals surface area contributed by atoms with E-state index in [1.807, 2.05) is 0 Å². The Hall–Kier alpha value is -2.46. The van der Waals surface area contributed by atoms with E-state index in [2.05, 4.69) is 58.9 Å². The molecule has 2 unspecified atom stereocenters. The molecule has 0 aromatic rings. The molecule has 0 aliphatic rings. The quantitative estimate of drug-likeness (QED) is 0.0169. The van der Waals surface area contributed by atoms with E-state index in [4.69, 9.17) is 37.0 Å². The standard InChI is InChI=1S/C67H126O17P2/c1-6-9-12-15-18-20-21-22-23-24-29-33-38-43-48-53-67(72)84-63(57-78-65(70)51-46-41-36-32-28-26-25-27-31-35-39-44-49-60(4)5)59-82-86(75,76)80-55-61(68)54-79-85(73,74)81-58-62(56-77-64(69)50-45-40-34-17-14-11-8-3)83-66(71)52-47-42-37-30-19-16-13-10-7-2/h20-23,60-63,68H,6-19,24-59H2,1-5H3,(H,73,74)(H,75,76)/b21-20-,23-22-/t61-,62+,63+/m0/s1. The lowest BCUT2D eigenvalue weighted by Crippen LogP contribution is -2.30. The van der Waals surface area contributed by atoms with Crippen LogP contribution in [0.3, 0.4) is 0 Å². The van der Waals surface area contributed by atoms with Gasteiger partial charge in [0.2, 0.25) is 0 Å². The molecule has 0 amide bonds. The second kappa shape index (κ2) is 60.1. The summed E-state index contributed by atoms with van der Waals surface area (Å²) in [6.45, 7) is 7.11. The number of aliphatic hydroxyl groups excluding tert-OH is 1. The van der Waals surface area contributed by atoms with Crippen molar-refractivity contribution in [3.8, 4) is 0 Å². The zero-order valence-corrected chi connectivity index (χ0v) is 56.7. The largest absolute Gasteiger partial charge is 0.472 e. The number of allylic oxidation sites excluding steroid dienone is 4. The Morgan fingerprint density at radius 3 is 0.953 bits per heavy atom. The van der Waals surface area contributed by atoms with E-state index in [1.54, 1.807) is 0 Å². The molecule has 3 N–H and O–H groups in total. The number of phosphoric ester groups is 2. The van der Waals surface area contributed by atoms with Gasteiger partial charge in [0.1, 0.15) is 19.3 Å². The van der Waals surface area contributed by atoms with Gasteiger partial charge in [0.05, 0.1) is 26.4 Å². The van der Waals surface area contributed by atoms with E-state index >= 15 is 0 Å². The molecule has 5 atom stereocenters. The van der Waals surface area contributed by atoms with Gasteiger partial charge in [-0.05, 0) is 57.3 Å². The van der Waals surface area contributed by atoms with Crippen LogP contribution in [0.4, 0.5) is 0 Å². The number of rotatable bonds is 65. The predicted octanol–water partition coefficient (Wildman–Crippen LogP) is 18.5. The van der Waals surface area contributed by atoms with Crippen LogP contribution >= 0.6 is 15.6 Å². The molecule has 0 radical (unpaired) electrons. The molecule has 0 saturated carbocycles. The molecule has 0 aromatic heterocycles. The molecule has 0 aliphatic carbocycles. The van der Waals surface area contributed by atoms with E-state index in [9.17, 15) is 43.2 Å². The molecule has 0 aliphatic heterocycles. The van der Waals surface area contributed by atoms with E-state index in [1.165, 1.54) is 116 Å². The van der Waals surface area contributed by atoms with Crippen LogP contribution in [0.25, 0.3) is 0 Å². The number of phosphoric acid groups is 2. The van der Waals surface area contributed by atoms with Crippen LogP contribution in [-0.4, -0.2) is 96.7 Å². The average Bonchev–Trinajstić information content (AvgIpc) is 3.51. The van der Waals surface area contributed by atoms with Crippen molar-refractivity contribution in [3.63, 3.8) is 0 Å². The Kier molecular flexibility index (Phi) is 58.4. The van der Waals surface area contributed by atoms with Crippen molar-refractivity contribution >= 4 is 39.5 Å². The van der Waals surface area contributed by atoms with Gasteiger partial charge in [-0.3, -0.25) is 37.3 Å². The summed E-state index contributed by atoms with van der Waals surface area (Å²) in [6, 6.07) is 0. The highest BCUT2D eigenvalue weighted by atomic mass is 31.2. The summed E-state index contributed by atoms with van der Waals surface area (Å²) in [4.78, 5) is 72.2. The molecule has 0 heterocycles. The first-order valence-electron chi connectivity index (χ1n) is 34.5. The minimum absolute atomic E-state index is 0.0851. The third kappa shape index (κ3) is 60.5. The highest BCUT2D eigenvalue weighted by molar-refractivity contribution is 7.47. The summed E-state index contributed by atoms with van der Waals surface area (Å²) in [5.41, 5.74) is 0. The maximum Gasteiger partial charge on any atom is 0.472 e. The fraction of sp³-hybridized carbons (Fsp3) is 0.881. The first kappa shape index (κ1) is 83.5. The molecular weight excluding hydrogens is 1140 g/mol. The summed E-state index contributed by atoms with van der Waals surface area (Å²) in [7, 11) is -9.90. The van der Waals surface area contributed by atoms with Gasteiger partial charge in [-0.25, -0.2) is 9.13 Å². The Balaban J connectivity index is 5.24. The van der Waals surface area contributed by atoms with Gasteiger partial charge in [0.25, 0.3) is 0 Å². The maximum absolute atomic E-state index is 13.0. The number of hydrogen-bond donors (Lipinski definition) is 3. The number of esters is 4. The number of hydrogen-bond acceptors (Lipinski definition) is 15. The van der Waals surface area contributed by atoms with Crippen molar-refractivity contribution in [1.82, 2.24) is 0 Å². The molecule has 0 aromatic carbocycles. The van der Waals surface area contributed by atoms with Crippen molar-refractivity contribution in [1.29, 1.82) is 0 Å². The molecule has 86 heavy (non-hydrogen) atoms. The maximum atomic E-state index is 13.0. The highest BCUT2D eigenvalue weighted by Gasteiger charge is 2.30. The summed E-state index contributed by atoms with van der Waals surface area (Å²) >= 11 is 0. The number of carbonyl (C=O) groups is 4. The molecule has 506 valence electrons. The average molecular weight is 1270 g/mol. The smallest absolute Gasteiger partial charge is 0.462 e. The second-order valence-corrected chi connectivity index (χ2v) is 26.9. The summed E-state index contributed by atoms with van der Waals surface area (Å²) < 4.78 is 67.9. The number of aliphatic hydroxyl groups is 1. The SMILES string of the molecule is CCCCCC/C=C\C=C/CCCCCCCC(=O)O[C@H](COC(=O)CCCCCCCCCCCCCCC(C)C)COP(=O)(O)OC[C@@H](O)COP(=O)(O)OC[C@@H](COC(=O)CCCCCCCCC)OC(=O)CCCCCCCCCCC. The van der Waals surface area contributed by atoms with Gasteiger partial charge < -0.3 is 33.8 Å². The van der Waals surface area contributed by atoms with Crippen molar-refractivity contribution < 1.29 is 80.2 Å². The molecule has 0 spiro atoms. The van der Waals surface area contributed by atoms with Crippen LogP contribution in [0.2, 0.25) is 0 Å². The Morgan fingerprint density at radius 1 is 0.360 bits per heavy atom. The summed E-state index contributed by atoms with van der Waals surface area (Å²) in [6.07, 6.45) is 48.1. The van der Waals surface area contributed by atoms with Crippen LogP contribution in [0.1, 0.15) is 317 Å². The number of carbonyl (C=O) groups excluding carboxylic acids is 4. The Bertz CT molecular complexity index is 1760. The zero-order valence-electron chi connectivity index (χ0n) is 54.9. The third-order valence-electron chi connectivity index (χ3n) is 14.9. The lowest BCUT2D eigenvalue weighted by atomic mass is 10.0. The summed E-state index contributed by atoms with van der Waals surface area (Å²) in [5, 5.41) is 10.5. The van der Waals surface area contributed by atoms with Gasteiger partial charge in [0, 0.05) is 25.7 Å². The molecule has 0 fully saturated rings. The molecular formula is C67H126O17P2. The fourth-order valence-corrected chi connectivity index (χ4v) is 11.2. The van der Waals surface area contributed by atoms with Gasteiger partial charge in [0.15, 0.2) is 12.2 Å². The van der Waals surface area contributed by atoms with Gasteiger partial charge in [-0.15, -0.1) is 0 Å². The van der Waals surface area contributed by atoms with Gasteiger partial charge >= 0.3 is 39.5 Å². The van der Waals surface area contributed by atoms with Gasteiger partial charge in [-0.2, -0.15) is 0 Å². The number of unbranched alkanes of at least 4 members (excludes halogenated alkanes) is 34. The topological polar surface area (TPSA) is 237 Å². The summed E-state index contributed by atoms with van der Waals surface area (Å²) in [5.74, 6) is -1.38. The zero-order chi connectivity index (χ0) is 63.5. The van der Waals surface area contributed by atoms with Crippen molar-refractivity contribution in [2.75, 3.05) is 39.6 Å². The normalized spacial score (nSPS) is 14.3. The molecule has 0 rings (SSSR count). The van der Waals surface area contributed by atoms with E-state index in [0.29, 0.717) is 25.7 Å². The van der Waals surface area contributed by atoms with Crippen LogP contribution in [0.15, 0.2) is 24.3 Å². The second-order valence-electron chi connectivity index (χ2n) is 24.0. The van der Waals surface area contributed by atoms with E-state index < -0.39 is 97.5 Å². The van der Waals surface area contributed by atoms with E-state index in [-0.39, 0.29) is 25.7 Å². The third-order valence-corrected chi connectivity index (χ3v) is 16.8. The lowest BCUT2D eigenvalue weighted by molar-refractivity contribution is -0.161. The van der Waals surface area contributed by atoms with Crippen molar-refractivity contribution in [2.45, 2.75) is 335 Å². The van der Waals surface area contributed by atoms with Crippen LogP contribution in [0.5, 0.6) is 0 Å². The van der Waals surface area contributed by atoms with Crippen LogP contribution < -0.4 is 0 Å². The molecule has 19 heteroatoms. The molecule has 0 bridgehead atoms. The predicted molar refractivity (Wildman–Crippen MR) is 344 cm³/mol. The first-order valence-corrected chi connectivity index (χ1v) is 37.4. The Morgan fingerprint density at radius 2 is 0.628 bits per heavy atom. The van der Waals surface area contributed by atoms with E-state index in [0.717, 1.165) is 121 Å². The first-order chi connectivity index (χ1) is 41.5. The lowest BCUT2D eigenvalue weighted by Gasteiger charge is -2.21. The number of ether oxygens (including phenoxy) is 4. The minimum atomic E-state index is -4.96. The minimum Gasteiger partial charge on any atom is -0.462 e. The molecule has 0 saturated heterocycles. The van der Waals surface area contributed by atoms with Crippen molar-refractivity contribution in [2.24, 2.45) is 5.92 Å². The van der Waals surface area contributed by atoms with Crippen LogP contribution in [-0.2, 0) is 65.4 Å². The Labute approximate surface area is 522 Å². The highest BCUT2D eigenvalue weighted by Crippen LogP contribution is 2.45. The van der Waals surface area contributed by atoms with Crippen molar-refractivity contribution in [3.05, 3.63) is 24.3 Å². The van der Waals surface area contributed by atoms with Crippen LogP contribution in [0, 0.1) is 5.92 Å². The molecule has 17 nitrogen and oxygen atoms in total.